The molecule has 0 saturated heterocycles. The molecule has 2 atom stereocenters. The third kappa shape index (κ3) is 7.75. The summed E-state index contributed by atoms with van der Waals surface area (Å²) in [6.07, 6.45) is -2.03. The van der Waals surface area contributed by atoms with Gasteiger partial charge < -0.3 is 20.3 Å². The maximum atomic E-state index is 12.1. The number of carboxylic acids is 1. The summed E-state index contributed by atoms with van der Waals surface area (Å²) >= 11 is 6.04. The summed E-state index contributed by atoms with van der Waals surface area (Å²) in [6.45, 7) is 5.22. The molecule has 0 aliphatic carbocycles. The molecule has 0 spiro atoms. The Morgan fingerprint density at radius 1 is 1.10 bits per heavy atom. The molecule has 1 amide bonds. The van der Waals surface area contributed by atoms with Crippen LogP contribution in [0.1, 0.15) is 32.8 Å². The Hall–Kier alpha value is -2.57. The Balaban J connectivity index is 2.12. The van der Waals surface area contributed by atoms with Crippen molar-refractivity contribution >= 4 is 23.7 Å². The number of carbonyl (C=O) groups is 2. The Bertz CT molecular complexity index is 845. The lowest BCUT2D eigenvalue weighted by molar-refractivity contribution is -0.147. The van der Waals surface area contributed by atoms with E-state index in [0.717, 1.165) is 16.7 Å². The van der Waals surface area contributed by atoms with E-state index in [9.17, 15) is 14.7 Å². The van der Waals surface area contributed by atoms with Gasteiger partial charge in [0.15, 0.2) is 6.10 Å². The molecule has 0 aliphatic heterocycles. The fraction of sp³-hybridized carbons (Fsp3) is 0.364. The molecule has 0 aromatic heterocycles. The molecule has 156 valence electrons. The first-order valence-corrected chi connectivity index (χ1v) is 9.66. The highest BCUT2D eigenvalue weighted by Crippen LogP contribution is 2.23. The van der Waals surface area contributed by atoms with E-state index in [1.807, 2.05) is 42.5 Å². The van der Waals surface area contributed by atoms with Crippen molar-refractivity contribution in [3.8, 4) is 11.1 Å². The Morgan fingerprint density at radius 3 is 2.31 bits per heavy atom. The molecule has 2 rings (SSSR count). The summed E-state index contributed by atoms with van der Waals surface area (Å²) in [4.78, 5) is 23.1. The summed E-state index contributed by atoms with van der Waals surface area (Å²) in [5.41, 5.74) is 2.17. The van der Waals surface area contributed by atoms with Gasteiger partial charge in [-0.15, -0.1) is 0 Å². The molecule has 2 aromatic rings. The van der Waals surface area contributed by atoms with Crippen LogP contribution < -0.4 is 5.32 Å². The van der Waals surface area contributed by atoms with Gasteiger partial charge in [0.2, 0.25) is 0 Å². The zero-order valence-electron chi connectivity index (χ0n) is 16.7. The van der Waals surface area contributed by atoms with Gasteiger partial charge in [0, 0.05) is 17.5 Å². The van der Waals surface area contributed by atoms with Crippen molar-refractivity contribution in [3.05, 3.63) is 59.1 Å². The van der Waals surface area contributed by atoms with Gasteiger partial charge in [0.1, 0.15) is 5.60 Å². The first kappa shape index (κ1) is 22.7. The first-order valence-electron chi connectivity index (χ1n) is 9.29. The second-order valence-electron chi connectivity index (χ2n) is 7.84. The van der Waals surface area contributed by atoms with Crippen LogP contribution in [0.2, 0.25) is 5.02 Å². The summed E-state index contributed by atoms with van der Waals surface area (Å²) in [5, 5.41) is 22.0. The van der Waals surface area contributed by atoms with Crippen molar-refractivity contribution in [1.29, 1.82) is 0 Å². The minimum absolute atomic E-state index is 0.134. The fourth-order valence-electron chi connectivity index (χ4n) is 2.82. The van der Waals surface area contributed by atoms with Crippen molar-refractivity contribution in [3.63, 3.8) is 0 Å². The molecular weight excluding hydrogens is 394 g/mol. The highest BCUT2D eigenvalue weighted by molar-refractivity contribution is 6.30. The smallest absolute Gasteiger partial charge is 0.407 e. The van der Waals surface area contributed by atoms with Crippen LogP contribution in [-0.2, 0) is 16.0 Å². The largest absolute Gasteiger partial charge is 0.479 e. The van der Waals surface area contributed by atoms with E-state index in [4.69, 9.17) is 21.4 Å². The molecule has 0 saturated carbocycles. The van der Waals surface area contributed by atoms with E-state index in [1.165, 1.54) is 0 Å². The van der Waals surface area contributed by atoms with Crippen LogP contribution in [0.4, 0.5) is 4.79 Å². The second-order valence-corrected chi connectivity index (χ2v) is 8.28. The molecular formula is C22H26ClNO5. The zero-order valence-corrected chi connectivity index (χ0v) is 17.4. The highest BCUT2D eigenvalue weighted by atomic mass is 35.5. The lowest BCUT2D eigenvalue weighted by Crippen LogP contribution is -2.43. The number of halogens is 1. The van der Waals surface area contributed by atoms with Gasteiger partial charge in [-0.25, -0.2) is 9.59 Å². The minimum Gasteiger partial charge on any atom is -0.479 e. The number of amides is 1. The molecule has 1 unspecified atom stereocenters. The lowest BCUT2D eigenvalue weighted by Gasteiger charge is -2.24. The van der Waals surface area contributed by atoms with E-state index in [-0.39, 0.29) is 6.42 Å². The number of aliphatic hydroxyl groups excluding tert-OH is 1. The predicted molar refractivity (Wildman–Crippen MR) is 112 cm³/mol. The first-order chi connectivity index (χ1) is 13.5. The van der Waals surface area contributed by atoms with E-state index < -0.39 is 29.8 Å². The molecule has 7 heteroatoms. The predicted octanol–water partition coefficient (Wildman–Crippen LogP) is 4.28. The number of alkyl carbamates (subject to hydrolysis) is 1. The normalized spacial score (nSPS) is 13.4. The third-order valence-electron chi connectivity index (χ3n) is 4.11. The van der Waals surface area contributed by atoms with Gasteiger partial charge in [-0.3, -0.25) is 0 Å². The standard InChI is InChI=1S/C22H26ClNO5/c1-22(2,3)29-21(28)24-18(13-19(25)20(26)27)11-14-7-9-15(10-8-14)16-5-4-6-17(23)12-16/h4-10,12,18-19,25H,11,13H2,1-3H3,(H,24,28)(H,26,27)/t18-,19?/m1/s1. The Labute approximate surface area is 175 Å². The van der Waals surface area contributed by atoms with Crippen LogP contribution in [0.15, 0.2) is 48.5 Å². The second kappa shape index (κ2) is 9.76. The third-order valence-corrected chi connectivity index (χ3v) is 4.34. The molecule has 6 nitrogen and oxygen atoms in total. The monoisotopic (exact) mass is 419 g/mol. The van der Waals surface area contributed by atoms with Gasteiger partial charge in [0.05, 0.1) is 0 Å². The number of rotatable bonds is 7. The van der Waals surface area contributed by atoms with Crippen LogP contribution in [0.5, 0.6) is 0 Å². The summed E-state index contributed by atoms with van der Waals surface area (Å²) < 4.78 is 5.24. The quantitative estimate of drug-likeness (QED) is 0.622. The summed E-state index contributed by atoms with van der Waals surface area (Å²) in [6, 6.07) is 14.6. The number of hydrogen-bond donors (Lipinski definition) is 3. The van der Waals surface area contributed by atoms with E-state index in [2.05, 4.69) is 5.32 Å². The lowest BCUT2D eigenvalue weighted by atomic mass is 9.98. The molecule has 29 heavy (non-hydrogen) atoms. The van der Waals surface area contributed by atoms with Gasteiger partial charge in [-0.05, 0) is 56.0 Å². The molecule has 0 radical (unpaired) electrons. The van der Waals surface area contributed by atoms with Crippen LogP contribution in [0.3, 0.4) is 0 Å². The number of aliphatic hydroxyl groups is 1. The molecule has 0 aliphatic rings. The van der Waals surface area contributed by atoms with Crippen molar-refractivity contribution in [2.45, 2.75) is 51.4 Å². The molecule has 0 fully saturated rings. The number of ether oxygens (including phenoxy) is 1. The number of carbonyl (C=O) groups excluding carboxylic acids is 1. The number of hydrogen-bond acceptors (Lipinski definition) is 4. The average Bonchev–Trinajstić information content (AvgIpc) is 2.60. The van der Waals surface area contributed by atoms with Gasteiger partial charge >= 0.3 is 12.1 Å². The van der Waals surface area contributed by atoms with Crippen molar-refractivity contribution < 1.29 is 24.5 Å². The fourth-order valence-corrected chi connectivity index (χ4v) is 3.01. The summed E-state index contributed by atoms with van der Waals surface area (Å²) in [5.74, 6) is -1.34. The number of aliphatic carboxylic acids is 1. The number of nitrogens with one attached hydrogen (secondary N) is 1. The van der Waals surface area contributed by atoms with Gasteiger partial charge in [-0.2, -0.15) is 0 Å². The van der Waals surface area contributed by atoms with Gasteiger partial charge in [-0.1, -0.05) is 48.0 Å². The molecule has 3 N–H and O–H groups in total. The maximum absolute atomic E-state index is 12.1. The van der Waals surface area contributed by atoms with Crippen molar-refractivity contribution in [1.82, 2.24) is 5.32 Å². The maximum Gasteiger partial charge on any atom is 0.407 e. The minimum atomic E-state index is -1.58. The molecule has 0 heterocycles. The number of carboxylic acid groups (broad SMARTS) is 1. The zero-order chi connectivity index (χ0) is 21.6. The van der Waals surface area contributed by atoms with E-state index in [0.29, 0.717) is 11.4 Å². The van der Waals surface area contributed by atoms with Crippen LogP contribution in [-0.4, -0.2) is 40.0 Å². The topological polar surface area (TPSA) is 95.9 Å². The van der Waals surface area contributed by atoms with Crippen LogP contribution in [0, 0.1) is 0 Å². The van der Waals surface area contributed by atoms with E-state index >= 15 is 0 Å². The highest BCUT2D eigenvalue weighted by Gasteiger charge is 2.24. The molecule has 0 bridgehead atoms. The molecule has 2 aromatic carbocycles. The average molecular weight is 420 g/mol. The van der Waals surface area contributed by atoms with Crippen molar-refractivity contribution in [2.24, 2.45) is 0 Å². The van der Waals surface area contributed by atoms with Crippen molar-refractivity contribution in [2.75, 3.05) is 0 Å². The summed E-state index contributed by atoms with van der Waals surface area (Å²) in [7, 11) is 0. The SMILES string of the molecule is CC(C)(C)OC(=O)N[C@H](Cc1ccc(-c2cccc(Cl)c2)cc1)CC(O)C(=O)O. The number of benzene rings is 2. The van der Waals surface area contributed by atoms with Crippen LogP contribution >= 0.6 is 11.6 Å². The Morgan fingerprint density at radius 2 is 1.76 bits per heavy atom. The Kier molecular flexibility index (Phi) is 7.65. The van der Waals surface area contributed by atoms with E-state index in [1.54, 1.807) is 26.8 Å². The van der Waals surface area contributed by atoms with Gasteiger partial charge in [0.25, 0.3) is 0 Å². The van der Waals surface area contributed by atoms with Crippen LogP contribution in [0.25, 0.3) is 11.1 Å².